The van der Waals surface area contributed by atoms with E-state index in [0.29, 0.717) is 29.8 Å². The molecule has 0 saturated heterocycles. The molecule has 0 fully saturated rings. The van der Waals surface area contributed by atoms with Crippen molar-refractivity contribution in [3.8, 4) is 0 Å². The highest BCUT2D eigenvalue weighted by Crippen LogP contribution is 2.30. The molecule has 0 saturated carbocycles. The van der Waals surface area contributed by atoms with Crippen molar-refractivity contribution in [1.82, 2.24) is 14.5 Å². The zero-order valence-corrected chi connectivity index (χ0v) is 13.2. The fraction of sp³-hybridized carbons (Fsp3) is 0.176. The topological polar surface area (TPSA) is 76.9 Å². The molecule has 1 aromatic carbocycles. The van der Waals surface area contributed by atoms with E-state index >= 15 is 0 Å². The van der Waals surface area contributed by atoms with Crippen molar-refractivity contribution in [2.24, 2.45) is 0 Å². The van der Waals surface area contributed by atoms with E-state index in [2.05, 4.69) is 9.97 Å². The second-order valence-electron chi connectivity index (χ2n) is 5.85. The van der Waals surface area contributed by atoms with E-state index < -0.39 is 40.7 Å². The van der Waals surface area contributed by atoms with Gasteiger partial charge in [-0.1, -0.05) is 0 Å². The molecule has 1 unspecified atom stereocenters. The Kier molecular flexibility index (Phi) is 3.71. The summed E-state index contributed by atoms with van der Waals surface area (Å²) in [6.07, 6.45) is 1.60. The number of amides is 1. The van der Waals surface area contributed by atoms with Gasteiger partial charge in [-0.15, -0.1) is 0 Å². The average Bonchev–Trinajstić information content (AvgIpc) is 2.96. The van der Waals surface area contributed by atoms with E-state index in [4.69, 9.17) is 0 Å². The molecule has 3 heterocycles. The van der Waals surface area contributed by atoms with Gasteiger partial charge in [-0.05, 0) is 12.1 Å². The molecule has 0 aliphatic carbocycles. The van der Waals surface area contributed by atoms with Crippen molar-refractivity contribution in [3.05, 3.63) is 53.7 Å². The molecule has 3 aromatic rings. The zero-order valence-electron chi connectivity index (χ0n) is 13.2. The Hall–Kier alpha value is -3.23. The maximum Gasteiger partial charge on any atom is 0.242 e. The first-order valence-electron chi connectivity index (χ1n) is 7.75. The number of carbonyl (C=O) groups excluding carboxylic acids is 2. The Morgan fingerprint density at radius 2 is 1.96 bits per heavy atom. The number of imidazole rings is 1. The van der Waals surface area contributed by atoms with Gasteiger partial charge >= 0.3 is 0 Å². The lowest BCUT2D eigenvalue weighted by atomic mass is 9.96. The van der Waals surface area contributed by atoms with Crippen molar-refractivity contribution in [2.45, 2.75) is 18.9 Å². The van der Waals surface area contributed by atoms with Gasteiger partial charge in [0.05, 0.1) is 5.52 Å². The molecule has 0 radical (unpaired) electrons. The number of halogens is 3. The number of nitrogens with one attached hydrogen (secondary N) is 1. The molecule has 9 heteroatoms. The van der Waals surface area contributed by atoms with Crippen molar-refractivity contribution in [1.29, 1.82) is 0 Å². The summed E-state index contributed by atoms with van der Waals surface area (Å²) in [4.78, 5) is 33.2. The number of aryl methyl sites for hydroxylation is 1. The summed E-state index contributed by atoms with van der Waals surface area (Å²) in [5.41, 5.74) is 0.219. The fourth-order valence-electron chi connectivity index (χ4n) is 3.06. The van der Waals surface area contributed by atoms with Crippen LogP contribution in [0.1, 0.15) is 18.2 Å². The van der Waals surface area contributed by atoms with Crippen LogP contribution in [0.4, 0.5) is 18.9 Å². The van der Waals surface area contributed by atoms with Crippen molar-refractivity contribution < 1.29 is 22.8 Å². The number of nitrogens with zero attached hydrogens (tertiary/aromatic N) is 3. The minimum atomic E-state index is -1.33. The van der Waals surface area contributed by atoms with Gasteiger partial charge in [0.15, 0.2) is 29.0 Å². The summed E-state index contributed by atoms with van der Waals surface area (Å²) >= 11 is 0. The molecule has 6 nitrogen and oxygen atoms in total. The minimum absolute atomic E-state index is 0.0693. The normalized spacial score (nSPS) is 16.6. The lowest BCUT2D eigenvalue weighted by Gasteiger charge is -2.22. The van der Waals surface area contributed by atoms with E-state index in [1.54, 1.807) is 16.7 Å². The van der Waals surface area contributed by atoms with Gasteiger partial charge in [-0.25, -0.2) is 23.1 Å². The van der Waals surface area contributed by atoms with Crippen molar-refractivity contribution in [2.75, 3.05) is 5.32 Å². The average molecular weight is 360 g/mol. The number of fused-ring (bicyclic) bond motifs is 3. The number of hydrogen-bond donors (Lipinski definition) is 1. The third kappa shape index (κ3) is 2.52. The second kappa shape index (κ2) is 5.94. The van der Waals surface area contributed by atoms with E-state index in [1.165, 1.54) is 6.20 Å². The molecular formula is C17H11F3N4O2. The molecule has 1 N–H and O–H groups in total. The van der Waals surface area contributed by atoms with E-state index in [1.807, 2.05) is 5.32 Å². The number of hydrogen-bond acceptors (Lipinski definition) is 4. The van der Waals surface area contributed by atoms with Gasteiger partial charge in [-0.2, -0.15) is 0 Å². The quantitative estimate of drug-likeness (QED) is 0.713. The predicted molar refractivity (Wildman–Crippen MR) is 84.8 cm³/mol. The Morgan fingerprint density at radius 1 is 1.23 bits per heavy atom. The molecule has 1 aliphatic heterocycles. The van der Waals surface area contributed by atoms with Crippen LogP contribution in [0.25, 0.3) is 11.2 Å². The summed E-state index contributed by atoms with van der Waals surface area (Å²) in [5, 5.41) is 2.04. The number of pyridine rings is 1. The first-order valence-corrected chi connectivity index (χ1v) is 7.75. The predicted octanol–water partition coefficient (Wildman–Crippen LogP) is 2.54. The number of aromatic nitrogens is 3. The third-order valence-electron chi connectivity index (χ3n) is 4.23. The summed E-state index contributed by atoms with van der Waals surface area (Å²) in [6, 6.07) is 4.34. The van der Waals surface area contributed by atoms with Gasteiger partial charge in [0.25, 0.3) is 0 Å². The van der Waals surface area contributed by atoms with Crippen LogP contribution in [-0.4, -0.2) is 26.2 Å². The summed E-state index contributed by atoms with van der Waals surface area (Å²) in [5.74, 6) is -6.18. The first-order chi connectivity index (χ1) is 12.5. The lowest BCUT2D eigenvalue weighted by molar-refractivity contribution is -0.128. The molecule has 1 aliphatic rings. The van der Waals surface area contributed by atoms with Crippen molar-refractivity contribution in [3.63, 3.8) is 0 Å². The Morgan fingerprint density at radius 3 is 2.69 bits per heavy atom. The van der Waals surface area contributed by atoms with Crippen LogP contribution in [0.15, 0.2) is 30.5 Å². The molecule has 0 bridgehead atoms. The van der Waals surface area contributed by atoms with E-state index in [0.717, 1.165) is 0 Å². The minimum Gasteiger partial charge on any atom is -0.325 e. The van der Waals surface area contributed by atoms with Gasteiger partial charge in [0.2, 0.25) is 5.91 Å². The number of ketones is 1. The fourth-order valence-corrected chi connectivity index (χ4v) is 3.06. The van der Waals surface area contributed by atoms with Crippen LogP contribution in [0.3, 0.4) is 0 Å². The van der Waals surface area contributed by atoms with Gasteiger partial charge < -0.3 is 9.88 Å². The molecule has 2 aromatic heterocycles. The molecule has 0 spiro atoms. The largest absolute Gasteiger partial charge is 0.325 e. The van der Waals surface area contributed by atoms with Gasteiger partial charge in [0.1, 0.15) is 17.3 Å². The van der Waals surface area contributed by atoms with Crippen LogP contribution < -0.4 is 5.32 Å². The van der Waals surface area contributed by atoms with Crippen molar-refractivity contribution >= 4 is 28.5 Å². The highest BCUT2D eigenvalue weighted by Gasteiger charge is 2.37. The van der Waals surface area contributed by atoms with Crippen LogP contribution in [-0.2, 0) is 16.1 Å². The van der Waals surface area contributed by atoms with Crippen LogP contribution in [0.2, 0.25) is 0 Å². The number of anilines is 1. The molecular weight excluding hydrogens is 349 g/mol. The van der Waals surface area contributed by atoms with Gasteiger partial charge in [0, 0.05) is 31.3 Å². The summed E-state index contributed by atoms with van der Waals surface area (Å²) < 4.78 is 42.3. The Balaban J connectivity index is 1.74. The lowest BCUT2D eigenvalue weighted by Crippen LogP contribution is -2.34. The number of carbonyl (C=O) groups is 2. The van der Waals surface area contributed by atoms with Gasteiger partial charge in [-0.3, -0.25) is 9.59 Å². The van der Waals surface area contributed by atoms with E-state index in [9.17, 15) is 22.8 Å². The monoisotopic (exact) mass is 360 g/mol. The maximum atomic E-state index is 13.8. The van der Waals surface area contributed by atoms with Crippen LogP contribution >= 0.6 is 0 Å². The SMILES string of the molecule is O=C1CCn2c(nc3ncccc32)C1C(=O)Nc1c(F)cc(F)cc1F. The molecule has 1 atom stereocenters. The second-order valence-corrected chi connectivity index (χ2v) is 5.85. The number of Topliss-reactive ketones (excluding diaryl/α,β-unsaturated/α-hetero) is 1. The Labute approximate surface area is 144 Å². The van der Waals surface area contributed by atoms with Crippen LogP contribution in [0, 0.1) is 17.5 Å². The molecule has 132 valence electrons. The van der Waals surface area contributed by atoms with Crippen LogP contribution in [0.5, 0.6) is 0 Å². The summed E-state index contributed by atoms with van der Waals surface area (Å²) in [6.45, 7) is 0.333. The zero-order chi connectivity index (χ0) is 18.4. The maximum absolute atomic E-state index is 13.8. The molecule has 1 amide bonds. The summed E-state index contributed by atoms with van der Waals surface area (Å²) in [7, 11) is 0. The number of rotatable bonds is 2. The molecule has 26 heavy (non-hydrogen) atoms. The Bertz CT molecular complexity index is 1040. The standard InChI is InChI=1S/C17H11F3N4O2/c18-8-6-9(19)14(10(20)7-8)22-17(26)13-12(25)3-5-24-11-2-1-4-21-15(11)23-16(13)24/h1-2,4,6-7,13H,3,5H2,(H,22,26). The highest BCUT2D eigenvalue weighted by atomic mass is 19.1. The van der Waals surface area contributed by atoms with E-state index in [-0.39, 0.29) is 12.2 Å². The number of benzene rings is 1. The molecule has 4 rings (SSSR count). The smallest absolute Gasteiger partial charge is 0.242 e. The first kappa shape index (κ1) is 16.2. The third-order valence-corrected chi connectivity index (χ3v) is 4.23. The highest BCUT2D eigenvalue weighted by molar-refractivity contribution is 6.12.